The molecule has 0 saturated carbocycles. The van der Waals surface area contributed by atoms with Crippen LogP contribution in [0, 0.1) is 0 Å². The molecule has 0 atom stereocenters. The SMILES string of the molecule is Nc1ccccc1NC(=O)CCS(=O)(=O)c1ccc2c(c1)OCCCO2. The molecule has 2 aromatic carbocycles. The predicted octanol–water partition coefficient (Wildman–Crippen LogP) is 2.23. The van der Waals surface area contributed by atoms with Crippen LogP contribution in [0.4, 0.5) is 11.4 Å². The van der Waals surface area contributed by atoms with Crippen molar-refractivity contribution in [2.24, 2.45) is 0 Å². The smallest absolute Gasteiger partial charge is 0.225 e. The summed E-state index contributed by atoms with van der Waals surface area (Å²) in [5.74, 6) is 0.204. The molecule has 0 aliphatic carbocycles. The first-order valence-corrected chi connectivity index (χ1v) is 9.88. The molecule has 3 rings (SSSR count). The molecule has 0 spiro atoms. The first kappa shape index (κ1) is 18.1. The van der Waals surface area contributed by atoms with Crippen LogP contribution in [0.3, 0.4) is 0 Å². The topological polar surface area (TPSA) is 108 Å². The average Bonchev–Trinajstić information content (AvgIpc) is 2.87. The molecule has 1 aliphatic heterocycles. The van der Waals surface area contributed by atoms with Gasteiger partial charge in [0, 0.05) is 18.9 Å². The summed E-state index contributed by atoms with van der Waals surface area (Å²) in [4.78, 5) is 12.2. The van der Waals surface area contributed by atoms with Crippen LogP contribution < -0.4 is 20.5 Å². The van der Waals surface area contributed by atoms with Crippen molar-refractivity contribution >= 4 is 27.1 Å². The Bertz CT molecular complexity index is 912. The Labute approximate surface area is 152 Å². The molecular weight excluding hydrogens is 356 g/mol. The lowest BCUT2D eigenvalue weighted by molar-refractivity contribution is -0.115. The Morgan fingerprint density at radius 3 is 2.58 bits per heavy atom. The van der Waals surface area contributed by atoms with Gasteiger partial charge in [0.25, 0.3) is 0 Å². The molecule has 2 aromatic rings. The van der Waals surface area contributed by atoms with Crippen molar-refractivity contribution in [1.29, 1.82) is 0 Å². The summed E-state index contributed by atoms with van der Waals surface area (Å²) >= 11 is 0. The molecule has 138 valence electrons. The lowest BCUT2D eigenvalue weighted by atomic mass is 10.2. The van der Waals surface area contributed by atoms with Crippen LogP contribution >= 0.6 is 0 Å². The number of nitrogens with one attached hydrogen (secondary N) is 1. The van der Waals surface area contributed by atoms with Gasteiger partial charge in [-0.2, -0.15) is 0 Å². The van der Waals surface area contributed by atoms with E-state index in [2.05, 4.69) is 5.32 Å². The van der Waals surface area contributed by atoms with Crippen molar-refractivity contribution in [3.8, 4) is 11.5 Å². The van der Waals surface area contributed by atoms with Gasteiger partial charge in [-0.05, 0) is 24.3 Å². The number of fused-ring (bicyclic) bond motifs is 1. The normalized spacial score (nSPS) is 13.7. The standard InChI is InChI=1S/C18H20N2O5S/c19-14-4-1-2-5-15(14)20-18(21)8-11-26(22,23)13-6-7-16-17(12-13)25-10-3-9-24-16/h1-2,4-7,12H,3,8-11,19H2,(H,20,21). The maximum atomic E-state index is 12.5. The number of hydrogen-bond donors (Lipinski definition) is 2. The number of para-hydroxylation sites is 2. The number of sulfone groups is 1. The minimum Gasteiger partial charge on any atom is -0.490 e. The van der Waals surface area contributed by atoms with Gasteiger partial charge < -0.3 is 20.5 Å². The molecule has 0 bridgehead atoms. The number of rotatable bonds is 5. The van der Waals surface area contributed by atoms with Gasteiger partial charge in [-0.1, -0.05) is 12.1 Å². The number of nitrogens with two attached hydrogens (primary N) is 1. The van der Waals surface area contributed by atoms with E-state index in [-0.39, 0.29) is 17.1 Å². The Morgan fingerprint density at radius 1 is 1.08 bits per heavy atom. The van der Waals surface area contributed by atoms with Crippen LogP contribution in [0.25, 0.3) is 0 Å². The fraction of sp³-hybridized carbons (Fsp3) is 0.278. The Hall–Kier alpha value is -2.74. The van der Waals surface area contributed by atoms with Gasteiger partial charge in [-0.15, -0.1) is 0 Å². The van der Waals surface area contributed by atoms with E-state index in [0.29, 0.717) is 36.1 Å². The van der Waals surface area contributed by atoms with Gasteiger partial charge >= 0.3 is 0 Å². The van der Waals surface area contributed by atoms with Crippen molar-refractivity contribution in [2.45, 2.75) is 17.7 Å². The zero-order valence-corrected chi connectivity index (χ0v) is 14.9. The van der Waals surface area contributed by atoms with Gasteiger partial charge in [0.15, 0.2) is 21.3 Å². The zero-order valence-electron chi connectivity index (χ0n) is 14.1. The highest BCUT2D eigenvalue weighted by Crippen LogP contribution is 2.32. The van der Waals surface area contributed by atoms with Crippen molar-refractivity contribution < 1.29 is 22.7 Å². The number of anilines is 2. The largest absolute Gasteiger partial charge is 0.490 e. The molecule has 3 N–H and O–H groups in total. The molecule has 1 amide bonds. The molecule has 0 aromatic heterocycles. The minimum absolute atomic E-state index is 0.105. The number of carbonyl (C=O) groups is 1. The van der Waals surface area contributed by atoms with Gasteiger partial charge in [-0.25, -0.2) is 8.42 Å². The van der Waals surface area contributed by atoms with Gasteiger partial charge in [-0.3, -0.25) is 4.79 Å². The van der Waals surface area contributed by atoms with Crippen molar-refractivity contribution in [3.63, 3.8) is 0 Å². The van der Waals surface area contributed by atoms with E-state index in [4.69, 9.17) is 15.2 Å². The second-order valence-electron chi connectivity index (χ2n) is 5.86. The van der Waals surface area contributed by atoms with Gasteiger partial charge in [0.05, 0.1) is 35.2 Å². The van der Waals surface area contributed by atoms with Crippen LogP contribution in [-0.2, 0) is 14.6 Å². The third kappa shape index (κ3) is 4.26. The van der Waals surface area contributed by atoms with E-state index >= 15 is 0 Å². The summed E-state index contributed by atoms with van der Waals surface area (Å²) < 4.78 is 36.1. The van der Waals surface area contributed by atoms with Gasteiger partial charge in [0.1, 0.15) is 0 Å². The average molecular weight is 376 g/mol. The fourth-order valence-corrected chi connectivity index (χ4v) is 3.76. The van der Waals surface area contributed by atoms with E-state index in [1.165, 1.54) is 12.1 Å². The molecule has 1 aliphatic rings. The van der Waals surface area contributed by atoms with Crippen molar-refractivity contribution in [3.05, 3.63) is 42.5 Å². The van der Waals surface area contributed by atoms with Gasteiger partial charge in [0.2, 0.25) is 5.91 Å². The minimum atomic E-state index is -3.63. The number of ether oxygens (including phenoxy) is 2. The molecule has 0 radical (unpaired) electrons. The quantitative estimate of drug-likeness (QED) is 0.775. The van der Waals surface area contributed by atoms with E-state index < -0.39 is 15.7 Å². The molecule has 8 heteroatoms. The third-order valence-corrected chi connectivity index (χ3v) is 5.62. The monoisotopic (exact) mass is 376 g/mol. The first-order valence-electron chi connectivity index (χ1n) is 8.22. The lowest BCUT2D eigenvalue weighted by Gasteiger charge is -2.11. The Kier molecular flexibility index (Phi) is 5.32. The summed E-state index contributed by atoms with van der Waals surface area (Å²) in [6.45, 7) is 0.999. The number of hydrogen-bond acceptors (Lipinski definition) is 6. The Morgan fingerprint density at radius 2 is 1.81 bits per heavy atom. The summed E-state index contributed by atoms with van der Waals surface area (Å²) in [6.07, 6.45) is 0.560. The second kappa shape index (κ2) is 7.65. The lowest BCUT2D eigenvalue weighted by Crippen LogP contribution is -2.18. The molecule has 0 saturated heterocycles. The van der Waals surface area contributed by atoms with E-state index in [9.17, 15) is 13.2 Å². The second-order valence-corrected chi connectivity index (χ2v) is 7.97. The molecular formula is C18H20N2O5S. The Balaban J connectivity index is 1.66. The van der Waals surface area contributed by atoms with E-state index in [1.54, 1.807) is 30.3 Å². The molecule has 1 heterocycles. The molecule has 7 nitrogen and oxygen atoms in total. The molecule has 0 unspecified atom stereocenters. The first-order chi connectivity index (χ1) is 12.5. The highest BCUT2D eigenvalue weighted by molar-refractivity contribution is 7.91. The summed E-state index contributed by atoms with van der Waals surface area (Å²) in [5.41, 5.74) is 6.65. The van der Waals surface area contributed by atoms with E-state index in [0.717, 1.165) is 6.42 Å². The summed E-state index contributed by atoms with van der Waals surface area (Å²) in [5, 5.41) is 2.62. The van der Waals surface area contributed by atoms with E-state index in [1.807, 2.05) is 0 Å². The molecule has 26 heavy (non-hydrogen) atoms. The number of amides is 1. The number of benzene rings is 2. The van der Waals surface area contributed by atoms with Crippen LogP contribution in [0.1, 0.15) is 12.8 Å². The van der Waals surface area contributed by atoms with Crippen LogP contribution in [0.2, 0.25) is 0 Å². The highest BCUT2D eigenvalue weighted by atomic mass is 32.2. The van der Waals surface area contributed by atoms with Crippen LogP contribution in [0.15, 0.2) is 47.4 Å². The third-order valence-electron chi connectivity index (χ3n) is 3.91. The fourth-order valence-electron chi connectivity index (χ4n) is 2.51. The maximum absolute atomic E-state index is 12.5. The summed E-state index contributed by atoms with van der Waals surface area (Å²) in [7, 11) is -3.63. The summed E-state index contributed by atoms with van der Waals surface area (Å²) in [6, 6.07) is 11.3. The van der Waals surface area contributed by atoms with Crippen molar-refractivity contribution in [1.82, 2.24) is 0 Å². The zero-order chi connectivity index (χ0) is 18.6. The number of nitrogen functional groups attached to an aromatic ring is 1. The predicted molar refractivity (Wildman–Crippen MR) is 98.2 cm³/mol. The molecule has 0 fully saturated rings. The number of carbonyl (C=O) groups excluding carboxylic acids is 1. The van der Waals surface area contributed by atoms with Crippen molar-refractivity contribution in [2.75, 3.05) is 30.0 Å². The highest BCUT2D eigenvalue weighted by Gasteiger charge is 2.20. The van der Waals surface area contributed by atoms with Crippen LogP contribution in [-0.4, -0.2) is 33.3 Å². The maximum Gasteiger partial charge on any atom is 0.225 e. The van der Waals surface area contributed by atoms with Crippen LogP contribution in [0.5, 0.6) is 11.5 Å².